The van der Waals surface area contributed by atoms with E-state index < -0.39 is 0 Å². The van der Waals surface area contributed by atoms with Crippen molar-refractivity contribution in [2.75, 3.05) is 26.8 Å². The minimum absolute atomic E-state index is 0.0301. The van der Waals surface area contributed by atoms with Gasteiger partial charge in [0.05, 0.1) is 43.6 Å². The number of nitrogens with one attached hydrogen (secondary N) is 1. The van der Waals surface area contributed by atoms with Gasteiger partial charge in [0, 0.05) is 38.5 Å². The Kier molecular flexibility index (Phi) is 11.2. The molecular formula is C36H40N4O6. The van der Waals surface area contributed by atoms with Crippen LogP contribution in [0.15, 0.2) is 83.7 Å². The summed E-state index contributed by atoms with van der Waals surface area (Å²) < 4.78 is 18.2. The number of nitrogens with zero attached hydrogens (tertiary/aromatic N) is 3. The van der Waals surface area contributed by atoms with Crippen molar-refractivity contribution in [1.82, 2.24) is 19.8 Å². The van der Waals surface area contributed by atoms with Crippen molar-refractivity contribution < 1.29 is 23.8 Å². The van der Waals surface area contributed by atoms with Crippen molar-refractivity contribution in [2.45, 2.75) is 52.1 Å². The Morgan fingerprint density at radius 1 is 0.957 bits per heavy atom. The van der Waals surface area contributed by atoms with Gasteiger partial charge in [-0.25, -0.2) is 9.55 Å². The maximum Gasteiger partial charge on any atom is 0.309 e. The fraction of sp³-hybridized carbons (Fsp3) is 0.333. The molecule has 1 N–H and O–H groups in total. The molecule has 0 bridgehead atoms. The summed E-state index contributed by atoms with van der Waals surface area (Å²) in [5.74, 6) is 0.900. The van der Waals surface area contributed by atoms with Crippen molar-refractivity contribution in [1.29, 1.82) is 0 Å². The van der Waals surface area contributed by atoms with Crippen LogP contribution in [-0.4, -0.2) is 53.1 Å². The molecule has 0 radical (unpaired) electrons. The predicted octanol–water partition coefficient (Wildman–Crippen LogP) is 4.98. The van der Waals surface area contributed by atoms with Gasteiger partial charge >= 0.3 is 12.0 Å². The summed E-state index contributed by atoms with van der Waals surface area (Å²) >= 11 is 0. The SMILES string of the molecule is CCCCOc1cccc(Oc2nc3c(c(=O)n2-c2ccccc2)CN(C(=O)CCNCc2ccc(CC(=O)OC)cc2)CC3)c1. The molecule has 3 aromatic carbocycles. The molecule has 0 saturated heterocycles. The lowest BCUT2D eigenvalue weighted by Gasteiger charge is -2.29. The summed E-state index contributed by atoms with van der Waals surface area (Å²) in [5, 5.41) is 3.31. The molecule has 0 unspecified atom stereocenters. The summed E-state index contributed by atoms with van der Waals surface area (Å²) in [5.41, 5.74) is 3.44. The lowest BCUT2D eigenvalue weighted by molar-refractivity contribution is -0.139. The maximum atomic E-state index is 14.0. The van der Waals surface area contributed by atoms with Gasteiger partial charge in [-0.1, -0.05) is 61.9 Å². The third-order valence-electron chi connectivity index (χ3n) is 7.79. The summed E-state index contributed by atoms with van der Waals surface area (Å²) in [6, 6.07) is 24.5. The van der Waals surface area contributed by atoms with Crippen LogP contribution in [0.3, 0.4) is 0 Å². The quantitative estimate of drug-likeness (QED) is 0.154. The number of unbranched alkanes of at least 4 members (excludes halogenated alkanes) is 1. The van der Waals surface area contributed by atoms with Crippen molar-refractivity contribution in [3.63, 3.8) is 0 Å². The zero-order valence-corrected chi connectivity index (χ0v) is 26.4. The number of aromatic nitrogens is 2. The Morgan fingerprint density at radius 3 is 2.48 bits per heavy atom. The van der Waals surface area contributed by atoms with E-state index in [-0.39, 0.29) is 36.4 Å². The first-order chi connectivity index (χ1) is 22.4. The molecule has 1 amide bonds. The van der Waals surface area contributed by atoms with Crippen molar-refractivity contribution in [2.24, 2.45) is 0 Å². The van der Waals surface area contributed by atoms with E-state index in [4.69, 9.17) is 19.2 Å². The van der Waals surface area contributed by atoms with Crippen LogP contribution in [0.2, 0.25) is 0 Å². The van der Waals surface area contributed by atoms with E-state index in [1.165, 1.54) is 11.7 Å². The highest BCUT2D eigenvalue weighted by atomic mass is 16.5. The Bertz CT molecular complexity index is 1690. The monoisotopic (exact) mass is 624 g/mol. The van der Waals surface area contributed by atoms with Gasteiger partial charge in [0.1, 0.15) is 11.5 Å². The van der Waals surface area contributed by atoms with E-state index in [0.29, 0.717) is 67.5 Å². The van der Waals surface area contributed by atoms with Crippen LogP contribution in [0.25, 0.3) is 5.69 Å². The van der Waals surface area contributed by atoms with Crippen LogP contribution in [-0.2, 0) is 40.3 Å². The molecule has 2 heterocycles. The number of amides is 1. The van der Waals surface area contributed by atoms with Crippen LogP contribution in [0.5, 0.6) is 17.5 Å². The second-order valence-corrected chi connectivity index (χ2v) is 11.1. The number of ether oxygens (including phenoxy) is 3. The van der Waals surface area contributed by atoms with Gasteiger partial charge < -0.3 is 24.4 Å². The number of hydrogen-bond acceptors (Lipinski definition) is 8. The van der Waals surface area contributed by atoms with Crippen LogP contribution >= 0.6 is 0 Å². The van der Waals surface area contributed by atoms with Gasteiger partial charge in [-0.05, 0) is 41.8 Å². The number of hydrogen-bond donors (Lipinski definition) is 1. The molecule has 0 saturated carbocycles. The van der Waals surface area contributed by atoms with Gasteiger partial charge in [0.25, 0.3) is 5.56 Å². The zero-order valence-electron chi connectivity index (χ0n) is 26.4. The second kappa shape index (κ2) is 15.9. The fourth-order valence-corrected chi connectivity index (χ4v) is 5.21. The molecule has 0 fully saturated rings. The summed E-state index contributed by atoms with van der Waals surface area (Å²) in [6.07, 6.45) is 2.98. The van der Waals surface area contributed by atoms with Crippen molar-refractivity contribution in [3.05, 3.63) is 112 Å². The number of methoxy groups -OCH3 is 1. The minimum Gasteiger partial charge on any atom is -0.493 e. The molecule has 1 aromatic heterocycles. The van der Waals surface area contributed by atoms with Gasteiger partial charge in [-0.3, -0.25) is 14.4 Å². The lowest BCUT2D eigenvalue weighted by Crippen LogP contribution is -2.41. The van der Waals surface area contributed by atoms with Gasteiger partial charge in [0.2, 0.25) is 5.91 Å². The molecule has 0 spiro atoms. The Hall–Kier alpha value is -4.96. The normalized spacial score (nSPS) is 12.3. The summed E-state index contributed by atoms with van der Waals surface area (Å²) in [6.45, 7) is 4.47. The molecule has 46 heavy (non-hydrogen) atoms. The van der Waals surface area contributed by atoms with E-state index in [0.717, 1.165) is 24.0 Å². The summed E-state index contributed by atoms with van der Waals surface area (Å²) in [4.78, 5) is 45.2. The maximum absolute atomic E-state index is 14.0. The fourth-order valence-electron chi connectivity index (χ4n) is 5.21. The second-order valence-electron chi connectivity index (χ2n) is 11.1. The van der Waals surface area contributed by atoms with Gasteiger partial charge in [-0.2, -0.15) is 0 Å². The average molecular weight is 625 g/mol. The molecule has 240 valence electrons. The smallest absolute Gasteiger partial charge is 0.309 e. The molecule has 1 aliphatic heterocycles. The van der Waals surface area contributed by atoms with Crippen molar-refractivity contribution >= 4 is 11.9 Å². The third kappa shape index (κ3) is 8.39. The number of benzene rings is 3. The highest BCUT2D eigenvalue weighted by Crippen LogP contribution is 2.27. The van der Waals surface area contributed by atoms with E-state index in [1.54, 1.807) is 11.0 Å². The first-order valence-electron chi connectivity index (χ1n) is 15.7. The predicted molar refractivity (Wildman–Crippen MR) is 174 cm³/mol. The van der Waals surface area contributed by atoms with Crippen LogP contribution in [0.4, 0.5) is 0 Å². The lowest BCUT2D eigenvalue weighted by atomic mass is 10.1. The Morgan fingerprint density at radius 2 is 1.72 bits per heavy atom. The molecule has 0 atom stereocenters. The standard InChI is InChI=1S/C36H40N4O6/c1-3-4-21-45-29-11-8-12-30(23-29)46-36-38-32-18-20-39(25-31(32)35(43)40(36)28-9-6-5-7-10-28)33(41)17-19-37-24-27-15-13-26(14-16-27)22-34(42)44-2/h5-16,23,37H,3-4,17-22,24-25H2,1-2H3. The third-order valence-corrected chi connectivity index (χ3v) is 7.79. The highest BCUT2D eigenvalue weighted by molar-refractivity contribution is 5.76. The molecule has 1 aliphatic rings. The summed E-state index contributed by atoms with van der Waals surface area (Å²) in [7, 11) is 1.38. The number of fused-ring (bicyclic) bond motifs is 1. The largest absolute Gasteiger partial charge is 0.493 e. The molecular weight excluding hydrogens is 584 g/mol. The van der Waals surface area contributed by atoms with E-state index >= 15 is 0 Å². The highest BCUT2D eigenvalue weighted by Gasteiger charge is 2.27. The van der Waals surface area contributed by atoms with Crippen LogP contribution in [0.1, 0.15) is 48.6 Å². The number of para-hydroxylation sites is 1. The van der Waals surface area contributed by atoms with Gasteiger partial charge in [0.15, 0.2) is 0 Å². The topological polar surface area (TPSA) is 112 Å². The first-order valence-corrected chi connectivity index (χ1v) is 15.7. The minimum atomic E-state index is -0.275. The van der Waals surface area contributed by atoms with Gasteiger partial charge in [-0.15, -0.1) is 0 Å². The number of carbonyl (C=O) groups is 2. The van der Waals surface area contributed by atoms with Crippen LogP contribution < -0.4 is 20.3 Å². The van der Waals surface area contributed by atoms with Crippen molar-refractivity contribution in [3.8, 4) is 23.2 Å². The molecule has 4 aromatic rings. The van der Waals surface area contributed by atoms with E-state index in [1.807, 2.05) is 72.8 Å². The Balaban J connectivity index is 1.25. The number of rotatable bonds is 14. The molecule has 10 heteroatoms. The molecule has 10 nitrogen and oxygen atoms in total. The van der Waals surface area contributed by atoms with E-state index in [2.05, 4.69) is 12.2 Å². The zero-order chi connectivity index (χ0) is 32.3. The Labute approximate surface area is 268 Å². The van der Waals surface area contributed by atoms with Crippen LogP contribution in [0, 0.1) is 0 Å². The first kappa shape index (κ1) is 32.4. The van der Waals surface area contributed by atoms with E-state index in [9.17, 15) is 14.4 Å². The molecule has 5 rings (SSSR count). The average Bonchev–Trinajstić information content (AvgIpc) is 3.08. The number of esters is 1. The number of carbonyl (C=O) groups excluding carboxylic acids is 2. The molecule has 0 aliphatic carbocycles.